The van der Waals surface area contributed by atoms with Gasteiger partial charge < -0.3 is 4.74 Å². The van der Waals surface area contributed by atoms with E-state index in [-0.39, 0.29) is 5.92 Å². The Morgan fingerprint density at radius 2 is 2.33 bits per heavy atom. The number of aryl methyl sites for hydroxylation is 1. The number of hydrogen-bond acceptors (Lipinski definition) is 3. The third-order valence-corrected chi connectivity index (χ3v) is 3.62. The topological polar surface area (TPSA) is 44.1 Å². The molecule has 4 heteroatoms. The Bertz CT molecular complexity index is 412. The standard InChI is InChI=1S/C14H22N2O2/c1-3-8-16-14(13(18-2)10-15-16)11-6-4-5-7-12(17)9-11/h10-11H,3-9H2,1-2H3. The molecule has 0 amide bonds. The van der Waals surface area contributed by atoms with Crippen molar-refractivity contribution < 1.29 is 9.53 Å². The molecule has 1 atom stereocenters. The number of ether oxygens (including phenoxy) is 1. The minimum absolute atomic E-state index is 0.281. The largest absolute Gasteiger partial charge is 0.493 e. The molecule has 1 aromatic heterocycles. The summed E-state index contributed by atoms with van der Waals surface area (Å²) in [4.78, 5) is 11.8. The molecule has 1 fully saturated rings. The second-order valence-electron chi connectivity index (χ2n) is 5.01. The molecular weight excluding hydrogens is 228 g/mol. The fourth-order valence-electron chi connectivity index (χ4n) is 2.76. The van der Waals surface area contributed by atoms with Gasteiger partial charge in [0.1, 0.15) is 5.78 Å². The molecule has 0 radical (unpaired) electrons. The van der Waals surface area contributed by atoms with Crippen LogP contribution in [0.15, 0.2) is 6.20 Å². The van der Waals surface area contributed by atoms with Gasteiger partial charge in [0.25, 0.3) is 0 Å². The van der Waals surface area contributed by atoms with Gasteiger partial charge in [-0.25, -0.2) is 0 Å². The summed E-state index contributed by atoms with van der Waals surface area (Å²) in [5, 5.41) is 4.39. The van der Waals surface area contributed by atoms with Crippen LogP contribution in [0.2, 0.25) is 0 Å². The quantitative estimate of drug-likeness (QED) is 0.772. The Kier molecular flexibility index (Phi) is 4.39. The SMILES string of the molecule is CCCn1ncc(OC)c1C1CCCCC(=O)C1. The van der Waals surface area contributed by atoms with Gasteiger partial charge in [-0.1, -0.05) is 13.3 Å². The maximum atomic E-state index is 11.8. The Morgan fingerprint density at radius 1 is 1.50 bits per heavy atom. The number of ketones is 1. The van der Waals surface area contributed by atoms with Crippen LogP contribution >= 0.6 is 0 Å². The highest BCUT2D eigenvalue weighted by Crippen LogP contribution is 2.35. The molecule has 1 heterocycles. The summed E-state index contributed by atoms with van der Waals surface area (Å²) in [6, 6.07) is 0. The minimum Gasteiger partial charge on any atom is -0.493 e. The summed E-state index contributed by atoms with van der Waals surface area (Å²) in [5.41, 5.74) is 1.12. The van der Waals surface area contributed by atoms with Crippen LogP contribution in [0.3, 0.4) is 0 Å². The third kappa shape index (κ3) is 2.74. The van der Waals surface area contributed by atoms with Crippen LogP contribution in [-0.4, -0.2) is 22.7 Å². The highest BCUT2D eigenvalue weighted by atomic mass is 16.5. The van der Waals surface area contributed by atoms with Crippen molar-refractivity contribution in [1.29, 1.82) is 0 Å². The van der Waals surface area contributed by atoms with Crippen molar-refractivity contribution in [2.45, 2.75) is 57.9 Å². The van der Waals surface area contributed by atoms with E-state index in [9.17, 15) is 4.79 Å². The van der Waals surface area contributed by atoms with Crippen LogP contribution in [0.5, 0.6) is 5.75 Å². The van der Waals surface area contributed by atoms with Crippen LogP contribution in [0.4, 0.5) is 0 Å². The summed E-state index contributed by atoms with van der Waals surface area (Å²) in [5.74, 6) is 1.50. The average molecular weight is 250 g/mol. The first-order chi connectivity index (χ1) is 8.76. The smallest absolute Gasteiger partial charge is 0.160 e. The Hall–Kier alpha value is -1.32. The van der Waals surface area contributed by atoms with Crippen molar-refractivity contribution in [1.82, 2.24) is 9.78 Å². The highest BCUT2D eigenvalue weighted by Gasteiger charge is 2.25. The predicted molar refractivity (Wildman–Crippen MR) is 69.9 cm³/mol. The van der Waals surface area contributed by atoms with E-state index in [2.05, 4.69) is 12.0 Å². The van der Waals surface area contributed by atoms with Gasteiger partial charge in [0.15, 0.2) is 5.75 Å². The Balaban J connectivity index is 2.28. The van der Waals surface area contributed by atoms with Gasteiger partial charge in [-0.2, -0.15) is 5.10 Å². The molecule has 1 aliphatic rings. The molecule has 0 saturated heterocycles. The fraction of sp³-hybridized carbons (Fsp3) is 0.714. The van der Waals surface area contributed by atoms with Gasteiger partial charge >= 0.3 is 0 Å². The molecule has 0 bridgehead atoms. The molecule has 4 nitrogen and oxygen atoms in total. The second-order valence-corrected chi connectivity index (χ2v) is 5.01. The zero-order valence-electron chi connectivity index (χ0n) is 11.3. The van der Waals surface area contributed by atoms with Gasteiger partial charge in [0, 0.05) is 25.3 Å². The lowest BCUT2D eigenvalue weighted by Crippen LogP contribution is -2.12. The number of carbonyl (C=O) groups excluding carboxylic acids is 1. The molecule has 0 N–H and O–H groups in total. The van der Waals surface area contributed by atoms with E-state index in [1.54, 1.807) is 13.3 Å². The van der Waals surface area contributed by atoms with Crippen LogP contribution in [0.25, 0.3) is 0 Å². The lowest BCUT2D eigenvalue weighted by atomic mass is 9.95. The van der Waals surface area contributed by atoms with E-state index < -0.39 is 0 Å². The monoisotopic (exact) mass is 250 g/mol. The molecule has 1 unspecified atom stereocenters. The van der Waals surface area contributed by atoms with Crippen molar-refractivity contribution in [2.75, 3.05) is 7.11 Å². The lowest BCUT2D eigenvalue weighted by molar-refractivity contribution is -0.119. The van der Waals surface area contributed by atoms with Crippen molar-refractivity contribution in [2.24, 2.45) is 0 Å². The van der Waals surface area contributed by atoms with E-state index in [4.69, 9.17) is 4.74 Å². The van der Waals surface area contributed by atoms with Crippen LogP contribution in [-0.2, 0) is 11.3 Å². The molecule has 1 aromatic rings. The Morgan fingerprint density at radius 3 is 3.06 bits per heavy atom. The number of nitrogens with zero attached hydrogens (tertiary/aromatic N) is 2. The van der Waals surface area contributed by atoms with Crippen molar-refractivity contribution in [3.63, 3.8) is 0 Å². The van der Waals surface area contributed by atoms with Crippen LogP contribution < -0.4 is 4.74 Å². The minimum atomic E-state index is 0.281. The van der Waals surface area contributed by atoms with Crippen LogP contribution in [0.1, 0.15) is 57.1 Å². The number of hydrogen-bond donors (Lipinski definition) is 0. The maximum absolute atomic E-state index is 11.8. The molecule has 2 rings (SSSR count). The van der Waals surface area contributed by atoms with E-state index in [1.165, 1.54) is 0 Å². The highest BCUT2D eigenvalue weighted by molar-refractivity contribution is 5.79. The number of aromatic nitrogens is 2. The number of methoxy groups -OCH3 is 1. The summed E-state index contributed by atoms with van der Waals surface area (Å²) in [7, 11) is 1.68. The predicted octanol–water partition coefficient (Wildman–Crippen LogP) is 2.92. The van der Waals surface area contributed by atoms with Gasteiger partial charge in [-0.3, -0.25) is 9.48 Å². The number of rotatable bonds is 4. The van der Waals surface area contributed by atoms with Crippen molar-refractivity contribution in [3.05, 3.63) is 11.9 Å². The summed E-state index contributed by atoms with van der Waals surface area (Å²) < 4.78 is 7.42. The maximum Gasteiger partial charge on any atom is 0.160 e. The first kappa shape index (κ1) is 13.1. The molecule has 1 saturated carbocycles. The molecule has 0 aliphatic heterocycles. The number of Topliss-reactive ketones (excluding diaryl/α,β-unsaturated/α-hetero) is 1. The zero-order valence-corrected chi connectivity index (χ0v) is 11.3. The first-order valence-corrected chi connectivity index (χ1v) is 6.87. The Labute approximate surface area is 108 Å². The molecule has 18 heavy (non-hydrogen) atoms. The van der Waals surface area contributed by atoms with Crippen molar-refractivity contribution in [3.8, 4) is 5.75 Å². The van der Waals surface area contributed by atoms with Crippen molar-refractivity contribution >= 4 is 5.78 Å². The van der Waals surface area contributed by atoms with Gasteiger partial charge in [0.05, 0.1) is 19.0 Å². The molecular formula is C14H22N2O2. The lowest BCUT2D eigenvalue weighted by Gasteiger charge is -2.17. The molecule has 0 spiro atoms. The van der Waals surface area contributed by atoms with E-state index >= 15 is 0 Å². The van der Waals surface area contributed by atoms with Gasteiger partial charge in [-0.15, -0.1) is 0 Å². The number of carbonyl (C=O) groups is 1. The molecule has 1 aliphatic carbocycles. The molecule has 100 valence electrons. The fourth-order valence-corrected chi connectivity index (χ4v) is 2.76. The van der Waals surface area contributed by atoms with Gasteiger partial charge in [-0.05, 0) is 19.3 Å². The van der Waals surface area contributed by atoms with E-state index in [0.717, 1.165) is 50.1 Å². The van der Waals surface area contributed by atoms with E-state index in [1.807, 2.05) is 4.68 Å². The second kappa shape index (κ2) is 6.03. The molecule has 0 aromatic carbocycles. The van der Waals surface area contributed by atoms with E-state index in [0.29, 0.717) is 12.2 Å². The third-order valence-electron chi connectivity index (χ3n) is 3.62. The summed E-state index contributed by atoms with van der Waals surface area (Å²) in [6.07, 6.45) is 7.42. The normalized spacial score (nSPS) is 20.8. The average Bonchev–Trinajstić information content (AvgIpc) is 2.64. The summed E-state index contributed by atoms with van der Waals surface area (Å²) in [6.45, 7) is 3.03. The van der Waals surface area contributed by atoms with Crippen LogP contribution in [0, 0.1) is 0 Å². The first-order valence-electron chi connectivity index (χ1n) is 6.87. The van der Waals surface area contributed by atoms with Gasteiger partial charge in [0.2, 0.25) is 0 Å². The zero-order chi connectivity index (χ0) is 13.0. The summed E-state index contributed by atoms with van der Waals surface area (Å²) >= 11 is 0.